The number of oxime groups is 1. The Morgan fingerprint density at radius 2 is 2.03 bits per heavy atom. The van der Waals surface area contributed by atoms with Crippen LogP contribution in [-0.4, -0.2) is 32.6 Å². The molecule has 0 bridgehead atoms. The number of benzene rings is 2. The van der Waals surface area contributed by atoms with E-state index in [4.69, 9.17) is 9.57 Å². The molecule has 3 aromatic rings. The maximum Gasteiger partial charge on any atom is 0.368 e. The van der Waals surface area contributed by atoms with E-state index in [1.807, 2.05) is 38.1 Å². The van der Waals surface area contributed by atoms with E-state index in [1.165, 1.54) is 14.9 Å². The Morgan fingerprint density at radius 3 is 2.65 bits per heavy atom. The predicted molar refractivity (Wildman–Crippen MR) is 118 cm³/mol. The molecule has 0 amide bonds. The zero-order chi connectivity index (χ0) is 22.0. The highest BCUT2D eigenvalue weighted by molar-refractivity contribution is 6.00. The SMILES string of the molecule is CCC(=NOC)c1ccc(OCc2c(C3CC3)cccc2-n2nnn(C)c2=O)c(C)c1. The van der Waals surface area contributed by atoms with E-state index in [0.717, 1.165) is 53.1 Å². The van der Waals surface area contributed by atoms with Gasteiger partial charge in [0.1, 0.15) is 19.5 Å². The predicted octanol–water partition coefficient (Wildman–Crippen LogP) is 3.49. The monoisotopic (exact) mass is 421 g/mol. The minimum Gasteiger partial charge on any atom is -0.489 e. The molecule has 8 nitrogen and oxygen atoms in total. The van der Waals surface area contributed by atoms with Crippen LogP contribution in [0.2, 0.25) is 0 Å². The van der Waals surface area contributed by atoms with Crippen LogP contribution in [0.15, 0.2) is 46.3 Å². The average Bonchev–Trinajstić information content (AvgIpc) is 3.57. The van der Waals surface area contributed by atoms with E-state index in [-0.39, 0.29) is 5.69 Å². The van der Waals surface area contributed by atoms with Crippen molar-refractivity contribution in [3.8, 4) is 11.4 Å². The lowest BCUT2D eigenvalue weighted by Gasteiger charge is -2.16. The molecule has 0 aliphatic heterocycles. The summed E-state index contributed by atoms with van der Waals surface area (Å²) >= 11 is 0. The topological polar surface area (TPSA) is 83.5 Å². The Kier molecular flexibility index (Phi) is 5.88. The van der Waals surface area contributed by atoms with Crippen LogP contribution in [0.1, 0.15) is 54.4 Å². The summed E-state index contributed by atoms with van der Waals surface area (Å²) in [7, 11) is 3.15. The number of nitrogens with zero attached hydrogens (tertiary/aromatic N) is 5. The largest absolute Gasteiger partial charge is 0.489 e. The van der Waals surface area contributed by atoms with Gasteiger partial charge in [-0.2, -0.15) is 9.36 Å². The summed E-state index contributed by atoms with van der Waals surface area (Å²) in [5.41, 5.74) is 5.55. The van der Waals surface area contributed by atoms with Crippen LogP contribution in [0.5, 0.6) is 5.75 Å². The van der Waals surface area contributed by atoms with Crippen molar-refractivity contribution in [2.24, 2.45) is 12.2 Å². The highest BCUT2D eigenvalue weighted by atomic mass is 16.6. The normalized spacial score (nSPS) is 14.0. The zero-order valence-electron chi connectivity index (χ0n) is 18.3. The molecule has 2 aromatic carbocycles. The molecule has 1 heterocycles. The second-order valence-corrected chi connectivity index (χ2v) is 7.76. The van der Waals surface area contributed by atoms with Gasteiger partial charge in [-0.25, -0.2) is 4.79 Å². The number of hydrogen-bond acceptors (Lipinski definition) is 6. The molecular weight excluding hydrogens is 394 g/mol. The molecular formula is C23H27N5O3. The second kappa shape index (κ2) is 8.75. The average molecular weight is 422 g/mol. The van der Waals surface area contributed by atoms with E-state index in [9.17, 15) is 4.79 Å². The number of tetrazole rings is 1. The molecule has 8 heteroatoms. The quantitative estimate of drug-likeness (QED) is 0.411. The fourth-order valence-corrected chi connectivity index (χ4v) is 3.76. The minimum absolute atomic E-state index is 0.278. The van der Waals surface area contributed by atoms with Crippen molar-refractivity contribution in [3.05, 3.63) is 69.1 Å². The highest BCUT2D eigenvalue weighted by Crippen LogP contribution is 2.43. The molecule has 0 radical (unpaired) electrons. The van der Waals surface area contributed by atoms with Gasteiger partial charge in [0, 0.05) is 12.6 Å². The molecule has 31 heavy (non-hydrogen) atoms. The van der Waals surface area contributed by atoms with Crippen LogP contribution in [0.4, 0.5) is 0 Å². The van der Waals surface area contributed by atoms with E-state index in [2.05, 4.69) is 27.7 Å². The van der Waals surface area contributed by atoms with Gasteiger partial charge in [0.15, 0.2) is 0 Å². The maximum absolute atomic E-state index is 12.5. The Balaban J connectivity index is 1.65. The van der Waals surface area contributed by atoms with Crippen LogP contribution in [0.3, 0.4) is 0 Å². The van der Waals surface area contributed by atoms with E-state index >= 15 is 0 Å². The smallest absolute Gasteiger partial charge is 0.368 e. The number of hydrogen-bond donors (Lipinski definition) is 0. The summed E-state index contributed by atoms with van der Waals surface area (Å²) in [6.45, 7) is 4.40. The third-order valence-corrected chi connectivity index (χ3v) is 5.57. The molecule has 4 rings (SSSR count). The zero-order valence-corrected chi connectivity index (χ0v) is 18.3. The van der Waals surface area contributed by atoms with Gasteiger partial charge in [-0.15, -0.1) is 0 Å². The molecule has 1 aliphatic rings. The Hall–Kier alpha value is -3.42. The van der Waals surface area contributed by atoms with E-state index in [1.54, 1.807) is 14.2 Å². The van der Waals surface area contributed by atoms with Gasteiger partial charge in [-0.3, -0.25) is 0 Å². The van der Waals surface area contributed by atoms with Gasteiger partial charge in [-0.1, -0.05) is 24.2 Å². The molecule has 0 N–H and O–H groups in total. The van der Waals surface area contributed by atoms with Gasteiger partial charge >= 0.3 is 5.69 Å². The maximum atomic E-state index is 12.5. The van der Waals surface area contributed by atoms with Crippen LogP contribution in [-0.2, 0) is 18.5 Å². The third kappa shape index (κ3) is 4.23. The number of aromatic nitrogens is 4. The van der Waals surface area contributed by atoms with Crippen molar-refractivity contribution in [3.63, 3.8) is 0 Å². The number of ether oxygens (including phenoxy) is 1. The van der Waals surface area contributed by atoms with Crippen LogP contribution >= 0.6 is 0 Å². The first-order valence-electron chi connectivity index (χ1n) is 10.5. The van der Waals surface area contributed by atoms with E-state index < -0.39 is 0 Å². The molecule has 0 saturated heterocycles. The van der Waals surface area contributed by atoms with Gasteiger partial charge in [0.2, 0.25) is 0 Å². The van der Waals surface area contributed by atoms with Crippen molar-refractivity contribution in [1.29, 1.82) is 0 Å². The molecule has 162 valence electrons. The summed E-state index contributed by atoms with van der Waals surface area (Å²) in [6, 6.07) is 12.0. The Bertz CT molecular complexity index is 1170. The van der Waals surface area contributed by atoms with Crippen molar-refractivity contribution in [2.45, 2.75) is 45.6 Å². The standard InChI is InChI=1S/C23H27N5O3/c1-5-20(24-30-4)17-11-12-22(15(2)13-17)31-14-19-18(16-9-10-16)7-6-8-21(19)28-23(29)27(3)25-26-28/h6-8,11-13,16H,5,9-10,14H2,1-4H3. The molecule has 1 aliphatic carbocycles. The first-order chi connectivity index (χ1) is 15.0. The van der Waals surface area contributed by atoms with E-state index in [0.29, 0.717) is 12.5 Å². The van der Waals surface area contributed by atoms with Crippen LogP contribution in [0.25, 0.3) is 5.69 Å². The van der Waals surface area contributed by atoms with Crippen molar-refractivity contribution in [1.82, 2.24) is 19.8 Å². The van der Waals surface area contributed by atoms with Crippen molar-refractivity contribution in [2.75, 3.05) is 7.11 Å². The molecule has 1 fully saturated rings. The summed E-state index contributed by atoms with van der Waals surface area (Å²) in [5, 5.41) is 12.0. The molecule has 0 unspecified atom stereocenters. The van der Waals surface area contributed by atoms with Crippen LogP contribution in [0, 0.1) is 6.92 Å². The van der Waals surface area contributed by atoms with Gasteiger partial charge < -0.3 is 9.57 Å². The first-order valence-corrected chi connectivity index (χ1v) is 10.5. The Labute approximate surface area is 181 Å². The first kappa shape index (κ1) is 20.8. The van der Waals surface area contributed by atoms with Gasteiger partial charge in [-0.05, 0) is 83.5 Å². The molecule has 1 aromatic heterocycles. The van der Waals surface area contributed by atoms with Crippen LogP contribution < -0.4 is 10.4 Å². The minimum atomic E-state index is -0.278. The van der Waals surface area contributed by atoms with Crippen molar-refractivity contribution >= 4 is 5.71 Å². The fourth-order valence-electron chi connectivity index (χ4n) is 3.76. The number of rotatable bonds is 8. The molecule has 0 spiro atoms. The van der Waals surface area contributed by atoms with Gasteiger partial charge in [0.25, 0.3) is 0 Å². The Morgan fingerprint density at radius 1 is 1.23 bits per heavy atom. The summed E-state index contributed by atoms with van der Waals surface area (Å²) in [6.07, 6.45) is 3.08. The summed E-state index contributed by atoms with van der Waals surface area (Å²) < 4.78 is 8.81. The lowest BCUT2D eigenvalue weighted by molar-refractivity contribution is 0.213. The molecule has 1 saturated carbocycles. The second-order valence-electron chi connectivity index (χ2n) is 7.76. The summed E-state index contributed by atoms with van der Waals surface area (Å²) in [4.78, 5) is 17.4. The van der Waals surface area contributed by atoms with Gasteiger partial charge in [0.05, 0.1) is 11.4 Å². The van der Waals surface area contributed by atoms with Crippen molar-refractivity contribution < 1.29 is 9.57 Å². The third-order valence-electron chi connectivity index (χ3n) is 5.57. The number of aryl methyl sites for hydroxylation is 2. The molecule has 0 atom stereocenters. The lowest BCUT2D eigenvalue weighted by Crippen LogP contribution is -2.23. The highest BCUT2D eigenvalue weighted by Gasteiger charge is 2.28. The fraction of sp³-hybridized carbons (Fsp3) is 0.391. The summed E-state index contributed by atoms with van der Waals surface area (Å²) in [5.74, 6) is 1.30. The lowest BCUT2D eigenvalue weighted by atomic mass is 10.0.